The SMILES string of the molecule is CCC(Nc1cc(F)cc(F)c1)c1ccccc1OC. The summed E-state index contributed by atoms with van der Waals surface area (Å²) in [7, 11) is 1.60. The molecule has 0 bridgehead atoms. The lowest BCUT2D eigenvalue weighted by atomic mass is 10.0. The molecule has 0 amide bonds. The van der Waals surface area contributed by atoms with E-state index in [1.807, 2.05) is 31.2 Å². The molecule has 2 aromatic rings. The van der Waals surface area contributed by atoms with Crippen molar-refractivity contribution in [3.63, 3.8) is 0 Å². The summed E-state index contributed by atoms with van der Waals surface area (Å²) in [6, 6.07) is 10.9. The van der Waals surface area contributed by atoms with Gasteiger partial charge in [-0.2, -0.15) is 0 Å². The van der Waals surface area contributed by atoms with Gasteiger partial charge in [0, 0.05) is 17.3 Å². The van der Waals surface area contributed by atoms with Crippen LogP contribution in [-0.2, 0) is 0 Å². The van der Waals surface area contributed by atoms with Gasteiger partial charge in [-0.1, -0.05) is 25.1 Å². The molecule has 0 spiro atoms. The third-order valence-corrected chi connectivity index (χ3v) is 3.13. The monoisotopic (exact) mass is 277 g/mol. The normalized spacial score (nSPS) is 12.0. The van der Waals surface area contributed by atoms with E-state index in [-0.39, 0.29) is 6.04 Å². The molecular weight excluding hydrogens is 260 g/mol. The first-order valence-electron chi connectivity index (χ1n) is 6.49. The van der Waals surface area contributed by atoms with Crippen molar-refractivity contribution < 1.29 is 13.5 Å². The first-order valence-corrected chi connectivity index (χ1v) is 6.49. The van der Waals surface area contributed by atoms with Gasteiger partial charge in [-0.15, -0.1) is 0 Å². The summed E-state index contributed by atoms with van der Waals surface area (Å²) in [5.41, 5.74) is 1.38. The van der Waals surface area contributed by atoms with Gasteiger partial charge in [-0.05, 0) is 24.6 Å². The second-order valence-electron chi connectivity index (χ2n) is 4.51. The second kappa shape index (κ2) is 6.37. The van der Waals surface area contributed by atoms with E-state index in [9.17, 15) is 8.78 Å². The summed E-state index contributed by atoms with van der Waals surface area (Å²) in [5.74, 6) is -0.437. The lowest BCUT2D eigenvalue weighted by Gasteiger charge is -2.21. The summed E-state index contributed by atoms with van der Waals surface area (Å²) < 4.78 is 31.8. The molecule has 0 aliphatic heterocycles. The number of hydrogen-bond donors (Lipinski definition) is 1. The Balaban J connectivity index is 2.28. The van der Waals surface area contributed by atoms with Gasteiger partial charge in [0.15, 0.2) is 0 Å². The van der Waals surface area contributed by atoms with Crippen LogP contribution in [0.3, 0.4) is 0 Å². The maximum absolute atomic E-state index is 13.2. The highest BCUT2D eigenvalue weighted by atomic mass is 19.1. The number of anilines is 1. The molecular formula is C16H17F2NO. The van der Waals surface area contributed by atoms with Gasteiger partial charge in [0.2, 0.25) is 0 Å². The molecule has 0 aliphatic carbocycles. The minimum absolute atomic E-state index is 0.0765. The fourth-order valence-corrected chi connectivity index (χ4v) is 2.19. The van der Waals surface area contributed by atoms with Crippen molar-refractivity contribution in [1.82, 2.24) is 0 Å². The average molecular weight is 277 g/mol. The summed E-state index contributed by atoms with van der Waals surface area (Å²) in [4.78, 5) is 0. The average Bonchev–Trinajstić information content (AvgIpc) is 2.43. The molecule has 0 saturated heterocycles. The van der Waals surface area contributed by atoms with Gasteiger partial charge in [-0.25, -0.2) is 8.78 Å². The van der Waals surface area contributed by atoms with Gasteiger partial charge in [0.1, 0.15) is 17.4 Å². The van der Waals surface area contributed by atoms with E-state index in [4.69, 9.17) is 4.74 Å². The molecule has 2 aromatic carbocycles. The number of nitrogens with one attached hydrogen (secondary N) is 1. The van der Waals surface area contributed by atoms with E-state index < -0.39 is 11.6 Å². The topological polar surface area (TPSA) is 21.3 Å². The van der Waals surface area contributed by atoms with Crippen molar-refractivity contribution in [3.05, 3.63) is 59.7 Å². The molecule has 0 radical (unpaired) electrons. The highest BCUT2D eigenvalue weighted by Gasteiger charge is 2.14. The van der Waals surface area contributed by atoms with Crippen LogP contribution in [0.4, 0.5) is 14.5 Å². The Bertz CT molecular complexity index is 566. The number of halogens is 2. The summed E-state index contributed by atoms with van der Waals surface area (Å²) >= 11 is 0. The van der Waals surface area contributed by atoms with Crippen LogP contribution in [0.2, 0.25) is 0 Å². The molecule has 4 heteroatoms. The van der Waals surface area contributed by atoms with E-state index in [0.717, 1.165) is 23.8 Å². The largest absolute Gasteiger partial charge is 0.496 e. The first kappa shape index (κ1) is 14.3. The van der Waals surface area contributed by atoms with Crippen LogP contribution in [0.25, 0.3) is 0 Å². The number of methoxy groups -OCH3 is 1. The van der Waals surface area contributed by atoms with Crippen LogP contribution in [0.15, 0.2) is 42.5 Å². The van der Waals surface area contributed by atoms with E-state index in [1.165, 1.54) is 12.1 Å². The third kappa shape index (κ3) is 3.26. The molecule has 1 N–H and O–H groups in total. The van der Waals surface area contributed by atoms with Gasteiger partial charge >= 0.3 is 0 Å². The lowest BCUT2D eigenvalue weighted by Crippen LogP contribution is -2.11. The van der Waals surface area contributed by atoms with E-state index in [2.05, 4.69) is 5.32 Å². The molecule has 0 aromatic heterocycles. The molecule has 1 atom stereocenters. The lowest BCUT2D eigenvalue weighted by molar-refractivity contribution is 0.406. The zero-order chi connectivity index (χ0) is 14.5. The Kier molecular flexibility index (Phi) is 4.56. The van der Waals surface area contributed by atoms with Gasteiger partial charge in [-0.3, -0.25) is 0 Å². The fraction of sp³-hybridized carbons (Fsp3) is 0.250. The number of benzene rings is 2. The number of para-hydroxylation sites is 1. The van der Waals surface area contributed by atoms with Crippen molar-refractivity contribution in [2.24, 2.45) is 0 Å². The molecule has 0 aliphatic rings. The minimum Gasteiger partial charge on any atom is -0.496 e. The van der Waals surface area contributed by atoms with Crippen molar-refractivity contribution in [2.45, 2.75) is 19.4 Å². The van der Waals surface area contributed by atoms with Crippen LogP contribution in [0.1, 0.15) is 24.9 Å². The van der Waals surface area contributed by atoms with Crippen LogP contribution in [0.5, 0.6) is 5.75 Å². The molecule has 0 heterocycles. The summed E-state index contributed by atoms with van der Waals surface area (Å²) in [6.45, 7) is 2.00. The number of hydrogen-bond acceptors (Lipinski definition) is 2. The molecule has 2 nitrogen and oxygen atoms in total. The molecule has 0 saturated carbocycles. The zero-order valence-electron chi connectivity index (χ0n) is 11.5. The molecule has 106 valence electrons. The Morgan fingerprint density at radius 3 is 2.35 bits per heavy atom. The van der Waals surface area contributed by atoms with Gasteiger partial charge in [0.25, 0.3) is 0 Å². The quantitative estimate of drug-likeness (QED) is 0.866. The second-order valence-corrected chi connectivity index (χ2v) is 4.51. The van der Waals surface area contributed by atoms with E-state index in [0.29, 0.717) is 5.69 Å². The summed E-state index contributed by atoms with van der Waals surface area (Å²) in [5, 5.41) is 3.14. The Hall–Kier alpha value is -2.10. The van der Waals surface area contributed by atoms with Crippen molar-refractivity contribution in [1.29, 1.82) is 0 Å². The standard InChI is InChI=1S/C16H17F2NO/c1-3-15(14-6-4-5-7-16(14)20-2)19-13-9-11(17)8-12(18)10-13/h4-10,15,19H,3H2,1-2H3. The van der Waals surface area contributed by atoms with Crippen molar-refractivity contribution in [2.75, 3.05) is 12.4 Å². The van der Waals surface area contributed by atoms with Crippen LogP contribution >= 0.6 is 0 Å². The first-order chi connectivity index (χ1) is 9.63. The Labute approximate surface area is 117 Å². The molecule has 0 fully saturated rings. The molecule has 2 rings (SSSR count). The third-order valence-electron chi connectivity index (χ3n) is 3.13. The maximum Gasteiger partial charge on any atom is 0.128 e. The predicted octanol–water partition coefficient (Wildman–Crippen LogP) is 4.54. The Morgan fingerprint density at radius 1 is 1.10 bits per heavy atom. The highest BCUT2D eigenvalue weighted by molar-refractivity contribution is 5.48. The zero-order valence-corrected chi connectivity index (χ0v) is 11.5. The number of ether oxygens (including phenoxy) is 1. The van der Waals surface area contributed by atoms with Gasteiger partial charge < -0.3 is 10.1 Å². The molecule has 20 heavy (non-hydrogen) atoms. The van der Waals surface area contributed by atoms with Gasteiger partial charge in [0.05, 0.1) is 13.2 Å². The predicted molar refractivity (Wildman–Crippen MR) is 76.0 cm³/mol. The van der Waals surface area contributed by atoms with E-state index in [1.54, 1.807) is 7.11 Å². The molecule has 1 unspecified atom stereocenters. The van der Waals surface area contributed by atoms with Crippen molar-refractivity contribution >= 4 is 5.69 Å². The maximum atomic E-state index is 13.2. The smallest absolute Gasteiger partial charge is 0.128 e. The Morgan fingerprint density at radius 2 is 1.75 bits per heavy atom. The fourth-order valence-electron chi connectivity index (χ4n) is 2.19. The summed E-state index contributed by atoms with van der Waals surface area (Å²) in [6.07, 6.45) is 0.762. The van der Waals surface area contributed by atoms with Crippen molar-refractivity contribution in [3.8, 4) is 5.75 Å². The van der Waals surface area contributed by atoms with Crippen LogP contribution in [-0.4, -0.2) is 7.11 Å². The minimum atomic E-state index is -0.595. The van der Waals surface area contributed by atoms with E-state index >= 15 is 0 Å². The highest BCUT2D eigenvalue weighted by Crippen LogP contribution is 2.30. The van der Waals surface area contributed by atoms with Crippen LogP contribution in [0, 0.1) is 11.6 Å². The van der Waals surface area contributed by atoms with Crippen LogP contribution < -0.4 is 10.1 Å². The number of rotatable bonds is 5.